The lowest BCUT2D eigenvalue weighted by molar-refractivity contribution is 0.0416. The number of nitriles is 1. The van der Waals surface area contributed by atoms with Gasteiger partial charge in [-0.2, -0.15) is 5.26 Å². The van der Waals surface area contributed by atoms with Crippen molar-refractivity contribution in [3.05, 3.63) is 52.5 Å². The first-order valence-corrected chi connectivity index (χ1v) is 9.41. The van der Waals surface area contributed by atoms with E-state index in [2.05, 4.69) is 16.3 Å². The molecule has 4 rings (SSSR count). The van der Waals surface area contributed by atoms with Crippen LogP contribution in [0.15, 0.2) is 35.7 Å². The van der Waals surface area contributed by atoms with E-state index in [9.17, 15) is 10.1 Å². The van der Waals surface area contributed by atoms with Crippen molar-refractivity contribution in [3.8, 4) is 17.7 Å². The van der Waals surface area contributed by atoms with Crippen LogP contribution in [0.4, 0.5) is 4.79 Å². The molecule has 0 saturated carbocycles. The summed E-state index contributed by atoms with van der Waals surface area (Å²) in [6.45, 7) is 3.97. The van der Waals surface area contributed by atoms with Gasteiger partial charge in [0.1, 0.15) is 17.4 Å². The minimum absolute atomic E-state index is 0.0230. The van der Waals surface area contributed by atoms with E-state index in [0.29, 0.717) is 49.9 Å². The number of hydrogen-bond donors (Lipinski definition) is 2. The molecule has 2 aliphatic rings. The summed E-state index contributed by atoms with van der Waals surface area (Å²) in [5, 5.41) is 16.8. The number of allylic oxidation sites excluding steroid dienone is 1. The Labute approximate surface area is 167 Å². The molecule has 0 bridgehead atoms. The fourth-order valence-corrected chi connectivity index (χ4v) is 3.58. The molecule has 2 aliphatic heterocycles. The minimum Gasteiger partial charge on any atom is -0.420 e. The molecule has 1 aromatic heterocycles. The van der Waals surface area contributed by atoms with Crippen LogP contribution in [0.1, 0.15) is 29.7 Å². The Hall–Kier alpha value is -3.51. The molecule has 2 aromatic rings. The summed E-state index contributed by atoms with van der Waals surface area (Å²) in [7, 11) is 0. The van der Waals surface area contributed by atoms with Crippen LogP contribution < -0.4 is 15.2 Å². The van der Waals surface area contributed by atoms with Crippen LogP contribution in [-0.2, 0) is 11.2 Å². The molecule has 0 radical (unpaired) electrons. The Morgan fingerprint density at radius 1 is 1.45 bits per heavy atom. The molecule has 0 spiro atoms. The number of aromatic amines is 1. The smallest absolute Gasteiger partial charge is 0.415 e. The average molecular weight is 395 g/mol. The Morgan fingerprint density at radius 2 is 2.24 bits per heavy atom. The van der Waals surface area contributed by atoms with Gasteiger partial charge in [-0.25, -0.2) is 4.79 Å². The van der Waals surface area contributed by atoms with Gasteiger partial charge in [-0.1, -0.05) is 19.1 Å². The van der Waals surface area contributed by atoms with E-state index in [-0.39, 0.29) is 5.88 Å². The number of nitrogens with one attached hydrogen (secondary N) is 1. The standard InChI is InChI=1S/C20H21N5O4/c1-2-15-17-16(14(11-21)18(22)29-19(17)24-23-15)12-4-3-5-13(10-12)28-20(26)25-6-8-27-9-7-25/h3-5,10,16H,2,6-9,22H2,1H3,(H,23,24)/t16-/m0/s1. The van der Waals surface area contributed by atoms with E-state index in [4.69, 9.17) is 19.9 Å². The van der Waals surface area contributed by atoms with Crippen molar-refractivity contribution in [2.75, 3.05) is 26.3 Å². The minimum atomic E-state index is -0.459. The van der Waals surface area contributed by atoms with Crippen LogP contribution in [0.2, 0.25) is 0 Å². The van der Waals surface area contributed by atoms with Crippen molar-refractivity contribution in [2.45, 2.75) is 19.3 Å². The highest BCUT2D eigenvalue weighted by Gasteiger charge is 2.35. The fourth-order valence-electron chi connectivity index (χ4n) is 3.58. The first kappa shape index (κ1) is 18.8. The molecule has 150 valence electrons. The van der Waals surface area contributed by atoms with Gasteiger partial charge >= 0.3 is 6.09 Å². The van der Waals surface area contributed by atoms with Crippen LogP contribution in [0.5, 0.6) is 11.6 Å². The molecule has 9 heteroatoms. The highest BCUT2D eigenvalue weighted by Crippen LogP contribution is 2.43. The summed E-state index contributed by atoms with van der Waals surface area (Å²) in [6, 6.07) is 9.25. The van der Waals surface area contributed by atoms with Crippen molar-refractivity contribution in [1.29, 1.82) is 5.26 Å². The molecular formula is C20H21N5O4. The number of hydrogen-bond acceptors (Lipinski definition) is 7. The number of benzene rings is 1. The number of aromatic nitrogens is 2. The number of morpholine rings is 1. The topological polar surface area (TPSA) is 126 Å². The fraction of sp³-hybridized carbons (Fsp3) is 0.350. The lowest BCUT2D eigenvalue weighted by Crippen LogP contribution is -2.42. The third-order valence-electron chi connectivity index (χ3n) is 5.04. The van der Waals surface area contributed by atoms with Gasteiger partial charge in [-0.3, -0.25) is 5.10 Å². The van der Waals surface area contributed by atoms with Crippen LogP contribution in [0.25, 0.3) is 0 Å². The normalized spacial score (nSPS) is 18.6. The molecule has 3 heterocycles. The molecule has 1 aromatic carbocycles. The molecule has 1 saturated heterocycles. The SMILES string of the molecule is CCc1[nH]nc2c1[C@@H](c1cccc(OC(=O)N3CCOCC3)c1)C(C#N)=C(N)O2. The zero-order chi connectivity index (χ0) is 20.4. The maximum Gasteiger partial charge on any atom is 0.415 e. The molecule has 3 N–H and O–H groups in total. The quantitative estimate of drug-likeness (QED) is 0.814. The van der Waals surface area contributed by atoms with E-state index < -0.39 is 12.0 Å². The second-order valence-electron chi connectivity index (χ2n) is 6.74. The van der Waals surface area contributed by atoms with Crippen LogP contribution in [-0.4, -0.2) is 47.5 Å². The van der Waals surface area contributed by atoms with Gasteiger partial charge in [-0.05, 0) is 24.1 Å². The first-order chi connectivity index (χ1) is 14.1. The number of nitrogens with two attached hydrogens (primary N) is 1. The number of fused-ring (bicyclic) bond motifs is 1. The molecule has 1 fully saturated rings. The highest BCUT2D eigenvalue weighted by atomic mass is 16.6. The van der Waals surface area contributed by atoms with Crippen molar-refractivity contribution < 1.29 is 19.0 Å². The molecule has 0 aliphatic carbocycles. The zero-order valence-electron chi connectivity index (χ0n) is 16.0. The second-order valence-corrected chi connectivity index (χ2v) is 6.74. The molecular weight excluding hydrogens is 374 g/mol. The maximum absolute atomic E-state index is 12.4. The Bertz CT molecular complexity index is 1000. The molecule has 1 atom stereocenters. The predicted molar refractivity (Wildman–Crippen MR) is 102 cm³/mol. The van der Waals surface area contributed by atoms with Gasteiger partial charge in [-0.15, -0.1) is 5.10 Å². The van der Waals surface area contributed by atoms with E-state index in [0.717, 1.165) is 16.8 Å². The van der Waals surface area contributed by atoms with E-state index >= 15 is 0 Å². The number of amides is 1. The largest absolute Gasteiger partial charge is 0.420 e. The summed E-state index contributed by atoms with van der Waals surface area (Å²) >= 11 is 0. The summed E-state index contributed by atoms with van der Waals surface area (Å²) in [4.78, 5) is 14.0. The molecule has 29 heavy (non-hydrogen) atoms. The summed E-state index contributed by atoms with van der Waals surface area (Å²) in [5.74, 6) is 0.317. The Balaban J connectivity index is 1.67. The number of ether oxygens (including phenoxy) is 3. The summed E-state index contributed by atoms with van der Waals surface area (Å²) in [5.41, 5.74) is 8.67. The molecule has 9 nitrogen and oxygen atoms in total. The molecule has 0 unspecified atom stereocenters. The van der Waals surface area contributed by atoms with E-state index in [1.807, 2.05) is 13.0 Å². The van der Waals surface area contributed by atoms with Crippen molar-refractivity contribution in [2.24, 2.45) is 5.73 Å². The second kappa shape index (κ2) is 7.85. The maximum atomic E-state index is 12.4. The first-order valence-electron chi connectivity index (χ1n) is 9.41. The van der Waals surface area contributed by atoms with E-state index in [1.165, 1.54) is 0 Å². The van der Waals surface area contributed by atoms with Crippen molar-refractivity contribution in [3.63, 3.8) is 0 Å². The third-order valence-corrected chi connectivity index (χ3v) is 5.04. The number of aryl methyl sites for hydroxylation is 1. The van der Waals surface area contributed by atoms with Gasteiger partial charge < -0.3 is 24.8 Å². The monoisotopic (exact) mass is 395 g/mol. The van der Waals surface area contributed by atoms with Crippen molar-refractivity contribution in [1.82, 2.24) is 15.1 Å². The van der Waals surface area contributed by atoms with Crippen LogP contribution >= 0.6 is 0 Å². The average Bonchev–Trinajstić information content (AvgIpc) is 3.15. The van der Waals surface area contributed by atoms with Gasteiger partial charge in [0.25, 0.3) is 0 Å². The predicted octanol–water partition coefficient (Wildman–Crippen LogP) is 2.02. The van der Waals surface area contributed by atoms with E-state index in [1.54, 1.807) is 23.1 Å². The lowest BCUT2D eigenvalue weighted by atomic mass is 9.83. The van der Waals surface area contributed by atoms with Gasteiger partial charge in [0.2, 0.25) is 11.8 Å². The molecule has 1 amide bonds. The number of nitrogens with zero attached hydrogens (tertiary/aromatic N) is 3. The summed E-state index contributed by atoms with van der Waals surface area (Å²) < 4.78 is 16.3. The number of H-pyrrole nitrogens is 1. The number of carbonyl (C=O) groups excluding carboxylic acids is 1. The summed E-state index contributed by atoms with van der Waals surface area (Å²) in [6.07, 6.45) is 0.262. The third kappa shape index (κ3) is 3.50. The van der Waals surface area contributed by atoms with Crippen molar-refractivity contribution >= 4 is 6.09 Å². The lowest BCUT2D eigenvalue weighted by Gasteiger charge is -2.26. The number of carbonyl (C=O) groups is 1. The Kier molecular flexibility index (Phi) is 5.10. The van der Waals surface area contributed by atoms with Gasteiger partial charge in [0, 0.05) is 24.3 Å². The van der Waals surface area contributed by atoms with Crippen LogP contribution in [0.3, 0.4) is 0 Å². The Morgan fingerprint density at radius 3 is 2.97 bits per heavy atom. The highest BCUT2D eigenvalue weighted by molar-refractivity contribution is 5.71. The van der Waals surface area contributed by atoms with Gasteiger partial charge in [0.05, 0.1) is 19.1 Å². The van der Waals surface area contributed by atoms with Gasteiger partial charge in [0.15, 0.2) is 0 Å². The zero-order valence-corrected chi connectivity index (χ0v) is 16.0. The van der Waals surface area contributed by atoms with Crippen LogP contribution in [0, 0.1) is 11.3 Å². The number of rotatable bonds is 3.